The molecule has 19 heavy (non-hydrogen) atoms. The summed E-state index contributed by atoms with van der Waals surface area (Å²) in [6.07, 6.45) is 2.22. The number of hydrogen-bond acceptors (Lipinski definition) is 5. The molecule has 0 saturated carbocycles. The van der Waals surface area contributed by atoms with Crippen molar-refractivity contribution >= 4 is 38.6 Å². The van der Waals surface area contributed by atoms with Gasteiger partial charge in [0.25, 0.3) is 0 Å². The van der Waals surface area contributed by atoms with Gasteiger partial charge in [-0.25, -0.2) is 9.78 Å². The maximum absolute atomic E-state index is 11.6. The van der Waals surface area contributed by atoms with Gasteiger partial charge >= 0.3 is 5.97 Å². The number of aromatic nitrogens is 1. The maximum atomic E-state index is 11.6. The summed E-state index contributed by atoms with van der Waals surface area (Å²) in [7, 11) is 0. The molecular weight excluding hydrogens is 264 g/mol. The van der Waals surface area contributed by atoms with E-state index in [-0.39, 0.29) is 6.61 Å². The highest BCUT2D eigenvalue weighted by Crippen LogP contribution is 2.25. The first-order valence-corrected chi connectivity index (χ1v) is 6.52. The number of carbonyl (C=O) groups is 2. The molecule has 2 rings (SSSR count). The highest BCUT2D eigenvalue weighted by Gasteiger charge is 2.05. The van der Waals surface area contributed by atoms with Crippen LogP contribution in [0.1, 0.15) is 6.92 Å². The van der Waals surface area contributed by atoms with E-state index in [0.717, 1.165) is 22.4 Å². The van der Waals surface area contributed by atoms with Crippen molar-refractivity contribution in [3.63, 3.8) is 0 Å². The Bertz CT molecular complexity index is 601. The fraction of sp³-hybridized carbons (Fsp3) is 0.154. The van der Waals surface area contributed by atoms with E-state index in [1.165, 1.54) is 11.3 Å². The van der Waals surface area contributed by atoms with Crippen LogP contribution in [-0.2, 0) is 14.3 Å². The normalized spacial score (nSPS) is 10.8. The van der Waals surface area contributed by atoms with Gasteiger partial charge in [0.1, 0.15) is 0 Å². The van der Waals surface area contributed by atoms with Crippen LogP contribution in [0, 0.1) is 0 Å². The zero-order valence-corrected chi connectivity index (χ0v) is 11.1. The minimum Gasteiger partial charge on any atom is -0.463 e. The number of hydrogen-bond donors (Lipinski definition) is 1. The molecule has 0 aliphatic carbocycles. The van der Waals surface area contributed by atoms with E-state index in [1.807, 2.05) is 24.3 Å². The maximum Gasteiger partial charge on any atom is 0.330 e. The van der Waals surface area contributed by atoms with Gasteiger partial charge in [-0.1, -0.05) is 23.5 Å². The Morgan fingerprint density at radius 2 is 2.16 bits per heavy atom. The Hall–Kier alpha value is -2.21. The van der Waals surface area contributed by atoms with Crippen molar-refractivity contribution in [1.82, 2.24) is 4.98 Å². The van der Waals surface area contributed by atoms with Crippen molar-refractivity contribution < 1.29 is 14.3 Å². The first-order chi connectivity index (χ1) is 9.19. The molecule has 1 heterocycles. The number of rotatable bonds is 4. The number of nitrogens with zero attached hydrogens (tertiary/aromatic N) is 1. The molecule has 0 bridgehead atoms. The highest BCUT2D eigenvalue weighted by molar-refractivity contribution is 7.22. The van der Waals surface area contributed by atoms with Gasteiger partial charge in [-0.3, -0.25) is 10.1 Å². The van der Waals surface area contributed by atoms with Crippen molar-refractivity contribution in [2.75, 3.05) is 11.9 Å². The number of benzene rings is 1. The summed E-state index contributed by atoms with van der Waals surface area (Å²) in [6.45, 7) is 1.98. The van der Waals surface area contributed by atoms with Crippen LogP contribution in [0.3, 0.4) is 0 Å². The number of carbonyl (C=O) groups excluding carboxylic acids is 2. The van der Waals surface area contributed by atoms with Gasteiger partial charge in [0, 0.05) is 12.2 Å². The van der Waals surface area contributed by atoms with E-state index in [2.05, 4.69) is 15.0 Å². The summed E-state index contributed by atoms with van der Waals surface area (Å²) >= 11 is 1.38. The molecule has 1 aromatic carbocycles. The van der Waals surface area contributed by atoms with E-state index in [1.54, 1.807) is 6.92 Å². The zero-order chi connectivity index (χ0) is 13.7. The summed E-state index contributed by atoms with van der Waals surface area (Å²) in [5.74, 6) is -0.950. The number of amides is 1. The van der Waals surface area contributed by atoms with Crippen molar-refractivity contribution in [3.05, 3.63) is 36.4 Å². The quantitative estimate of drug-likeness (QED) is 0.687. The number of anilines is 1. The SMILES string of the molecule is CCOC(=O)/C=C/C(=O)Nc1nc2ccccc2s1. The minimum absolute atomic E-state index is 0.280. The van der Waals surface area contributed by atoms with E-state index in [0.29, 0.717) is 5.13 Å². The smallest absolute Gasteiger partial charge is 0.330 e. The fourth-order valence-electron chi connectivity index (χ4n) is 1.41. The first kappa shape index (κ1) is 13.2. The third kappa shape index (κ3) is 3.62. The van der Waals surface area contributed by atoms with Crippen LogP contribution >= 0.6 is 11.3 Å². The minimum atomic E-state index is -0.540. The van der Waals surface area contributed by atoms with Crippen molar-refractivity contribution in [1.29, 1.82) is 0 Å². The summed E-state index contributed by atoms with van der Waals surface area (Å²) in [6, 6.07) is 7.59. The van der Waals surface area contributed by atoms with E-state index in [9.17, 15) is 9.59 Å². The zero-order valence-electron chi connectivity index (χ0n) is 10.3. The van der Waals surface area contributed by atoms with Gasteiger partial charge in [-0.05, 0) is 19.1 Å². The number of ether oxygens (including phenoxy) is 1. The van der Waals surface area contributed by atoms with Crippen LogP contribution < -0.4 is 5.32 Å². The second kappa shape index (κ2) is 6.10. The predicted molar refractivity (Wildman–Crippen MR) is 74.0 cm³/mol. The van der Waals surface area contributed by atoms with E-state index in [4.69, 9.17) is 0 Å². The standard InChI is InChI=1S/C13H12N2O3S/c1-2-18-12(17)8-7-11(16)15-13-14-9-5-3-4-6-10(9)19-13/h3-8H,2H2,1H3,(H,14,15,16)/b8-7+. The monoisotopic (exact) mass is 276 g/mol. The van der Waals surface area contributed by atoms with Crippen LogP contribution in [0.25, 0.3) is 10.2 Å². The molecule has 0 aliphatic rings. The highest BCUT2D eigenvalue weighted by atomic mass is 32.1. The fourth-order valence-corrected chi connectivity index (χ4v) is 2.28. The molecule has 2 aromatic rings. The number of fused-ring (bicyclic) bond motifs is 1. The van der Waals surface area contributed by atoms with Crippen LogP contribution in [-0.4, -0.2) is 23.5 Å². The average Bonchev–Trinajstić information content (AvgIpc) is 2.78. The molecule has 98 valence electrons. The van der Waals surface area contributed by atoms with Crippen LogP contribution in [0.15, 0.2) is 36.4 Å². The van der Waals surface area contributed by atoms with Gasteiger partial charge in [-0.15, -0.1) is 0 Å². The van der Waals surface area contributed by atoms with Crippen LogP contribution in [0.2, 0.25) is 0 Å². The Morgan fingerprint density at radius 1 is 1.37 bits per heavy atom. The third-order valence-electron chi connectivity index (χ3n) is 2.18. The second-order valence-corrected chi connectivity index (χ2v) is 4.59. The largest absolute Gasteiger partial charge is 0.463 e. The summed E-state index contributed by atoms with van der Waals surface area (Å²) < 4.78 is 5.66. The molecule has 0 atom stereocenters. The lowest BCUT2D eigenvalue weighted by atomic mass is 10.3. The van der Waals surface area contributed by atoms with Gasteiger partial charge in [0.15, 0.2) is 5.13 Å². The molecule has 0 saturated heterocycles. The summed E-state index contributed by atoms with van der Waals surface area (Å²) in [4.78, 5) is 26.9. The lowest BCUT2D eigenvalue weighted by Crippen LogP contribution is -2.09. The molecule has 5 nitrogen and oxygen atoms in total. The van der Waals surface area contributed by atoms with Crippen molar-refractivity contribution in [3.8, 4) is 0 Å². The number of thiazole rings is 1. The lowest BCUT2D eigenvalue weighted by Gasteiger charge is -1.96. The van der Waals surface area contributed by atoms with Crippen LogP contribution in [0.4, 0.5) is 5.13 Å². The van der Waals surface area contributed by atoms with Crippen molar-refractivity contribution in [2.45, 2.75) is 6.92 Å². The average molecular weight is 276 g/mol. The van der Waals surface area contributed by atoms with Gasteiger partial charge in [-0.2, -0.15) is 0 Å². The molecular formula is C13H12N2O3S. The molecule has 0 aliphatic heterocycles. The van der Waals surface area contributed by atoms with E-state index >= 15 is 0 Å². The molecule has 0 unspecified atom stereocenters. The summed E-state index contributed by atoms with van der Waals surface area (Å²) in [5.41, 5.74) is 0.831. The molecule has 6 heteroatoms. The Labute approximate surface area is 113 Å². The number of nitrogens with one attached hydrogen (secondary N) is 1. The van der Waals surface area contributed by atoms with Gasteiger partial charge < -0.3 is 4.74 Å². The second-order valence-electron chi connectivity index (χ2n) is 3.56. The molecule has 0 fully saturated rings. The van der Waals surface area contributed by atoms with E-state index < -0.39 is 11.9 Å². The Balaban J connectivity index is 2.00. The van der Waals surface area contributed by atoms with Gasteiger partial charge in [0.05, 0.1) is 16.8 Å². The number of para-hydroxylation sites is 1. The third-order valence-corrected chi connectivity index (χ3v) is 3.13. The molecule has 1 N–H and O–H groups in total. The van der Waals surface area contributed by atoms with Crippen LogP contribution in [0.5, 0.6) is 0 Å². The molecule has 1 amide bonds. The molecule has 1 aromatic heterocycles. The Kier molecular flexibility index (Phi) is 4.25. The van der Waals surface area contributed by atoms with Crippen molar-refractivity contribution in [2.24, 2.45) is 0 Å². The van der Waals surface area contributed by atoms with Gasteiger partial charge in [0.2, 0.25) is 5.91 Å². The Morgan fingerprint density at radius 3 is 2.89 bits per heavy atom. The molecule has 0 radical (unpaired) electrons. The topological polar surface area (TPSA) is 68.3 Å². The molecule has 0 spiro atoms. The lowest BCUT2D eigenvalue weighted by molar-refractivity contribution is -0.137. The predicted octanol–water partition coefficient (Wildman–Crippen LogP) is 2.35. The first-order valence-electron chi connectivity index (χ1n) is 5.70. The number of esters is 1. The summed E-state index contributed by atoms with van der Waals surface area (Å²) in [5, 5.41) is 3.10.